The first kappa shape index (κ1) is 17.1. The Kier molecular flexibility index (Phi) is 9.62. The first-order chi connectivity index (χ1) is 8.74. The Morgan fingerprint density at radius 3 is 2.06 bits per heavy atom. The second-order valence-corrected chi connectivity index (χ2v) is 4.56. The number of hydrogen-bond donors (Lipinski definition) is 0. The molecule has 0 saturated carbocycles. The van der Waals surface area contributed by atoms with E-state index in [1.807, 2.05) is 58.9 Å². The number of benzene rings is 1. The van der Waals surface area contributed by atoms with Crippen LogP contribution < -0.4 is 0 Å². The Bertz CT molecular complexity index is 420. The summed E-state index contributed by atoms with van der Waals surface area (Å²) in [7, 11) is 0. The molecule has 18 heavy (non-hydrogen) atoms. The van der Waals surface area contributed by atoms with E-state index in [1.54, 1.807) is 11.3 Å². The number of hydrogen-bond acceptors (Lipinski definition) is 2. The quantitative estimate of drug-likeness (QED) is 0.684. The summed E-state index contributed by atoms with van der Waals surface area (Å²) in [6.07, 6.45) is 0.898. The summed E-state index contributed by atoms with van der Waals surface area (Å²) in [5.41, 5.74) is 2.35. The fourth-order valence-electron chi connectivity index (χ4n) is 1.26. The van der Waals surface area contributed by atoms with Gasteiger partial charge < -0.3 is 0 Å². The van der Waals surface area contributed by atoms with Crippen molar-refractivity contribution in [1.82, 2.24) is 4.98 Å². The van der Waals surface area contributed by atoms with Crippen LogP contribution in [0.1, 0.15) is 44.0 Å². The molecule has 0 fully saturated rings. The molecule has 100 valence electrons. The van der Waals surface area contributed by atoms with Gasteiger partial charge in [-0.15, -0.1) is 11.3 Å². The van der Waals surface area contributed by atoms with Gasteiger partial charge in [0.1, 0.15) is 0 Å². The number of aromatic nitrogens is 1. The van der Waals surface area contributed by atoms with Gasteiger partial charge in [-0.25, -0.2) is 4.98 Å². The second-order valence-electron chi connectivity index (χ2n) is 3.19. The SMILES string of the molecule is CC.CC.Cc1csc(Cc2ccc(Cl)cc2)n1. The first-order valence-corrected chi connectivity index (χ1v) is 7.65. The van der Waals surface area contributed by atoms with Crippen molar-refractivity contribution >= 4 is 22.9 Å². The van der Waals surface area contributed by atoms with Crippen LogP contribution >= 0.6 is 22.9 Å². The highest BCUT2D eigenvalue weighted by atomic mass is 35.5. The van der Waals surface area contributed by atoms with E-state index >= 15 is 0 Å². The summed E-state index contributed by atoms with van der Waals surface area (Å²) in [6, 6.07) is 7.91. The van der Waals surface area contributed by atoms with Crippen molar-refractivity contribution in [2.24, 2.45) is 0 Å². The highest BCUT2D eigenvalue weighted by molar-refractivity contribution is 7.09. The molecule has 1 nitrogen and oxygen atoms in total. The maximum atomic E-state index is 5.81. The monoisotopic (exact) mass is 283 g/mol. The maximum absolute atomic E-state index is 5.81. The largest absolute Gasteiger partial charge is 0.246 e. The molecule has 2 rings (SSSR count). The maximum Gasteiger partial charge on any atom is 0.0972 e. The molecule has 0 N–H and O–H groups in total. The lowest BCUT2D eigenvalue weighted by Gasteiger charge is -1.97. The molecular formula is C15H22ClNS. The molecule has 1 heterocycles. The third kappa shape index (κ3) is 6.18. The van der Waals surface area contributed by atoms with Crippen LogP contribution in [-0.2, 0) is 6.42 Å². The van der Waals surface area contributed by atoms with Crippen LogP contribution in [0.3, 0.4) is 0 Å². The van der Waals surface area contributed by atoms with E-state index in [4.69, 9.17) is 11.6 Å². The number of thiazole rings is 1. The normalized spacial score (nSPS) is 8.78. The number of rotatable bonds is 2. The molecule has 0 saturated heterocycles. The molecule has 0 unspecified atom stereocenters. The molecule has 1 aromatic heterocycles. The summed E-state index contributed by atoms with van der Waals surface area (Å²) >= 11 is 7.51. The third-order valence-corrected chi connectivity index (χ3v) is 3.15. The number of nitrogens with zero attached hydrogens (tertiary/aromatic N) is 1. The van der Waals surface area contributed by atoms with E-state index in [2.05, 4.69) is 10.4 Å². The first-order valence-electron chi connectivity index (χ1n) is 6.39. The Labute approximate surface area is 120 Å². The standard InChI is InChI=1S/C11H10ClNS.2C2H6/c1-8-7-14-11(13-8)6-9-2-4-10(12)5-3-9;2*1-2/h2-5,7H,6H2,1H3;2*1-2H3. The minimum atomic E-state index is 0.782. The Morgan fingerprint density at radius 1 is 1.06 bits per heavy atom. The second kappa shape index (κ2) is 10.1. The topological polar surface area (TPSA) is 12.9 Å². The molecule has 0 aliphatic rings. The molecule has 0 atom stereocenters. The minimum Gasteiger partial charge on any atom is -0.246 e. The van der Waals surface area contributed by atoms with Crippen molar-refractivity contribution in [2.45, 2.75) is 41.0 Å². The van der Waals surface area contributed by atoms with Crippen LogP contribution in [0.15, 0.2) is 29.6 Å². The lowest BCUT2D eigenvalue weighted by Crippen LogP contribution is -1.86. The van der Waals surface area contributed by atoms with Crippen molar-refractivity contribution < 1.29 is 0 Å². The van der Waals surface area contributed by atoms with Gasteiger partial charge in [-0.2, -0.15) is 0 Å². The van der Waals surface area contributed by atoms with Gasteiger partial charge in [-0.1, -0.05) is 51.4 Å². The van der Waals surface area contributed by atoms with E-state index in [-0.39, 0.29) is 0 Å². The molecule has 1 aromatic carbocycles. The average Bonchev–Trinajstić information content (AvgIpc) is 2.83. The van der Waals surface area contributed by atoms with Crippen LogP contribution in [0.5, 0.6) is 0 Å². The smallest absolute Gasteiger partial charge is 0.0972 e. The van der Waals surface area contributed by atoms with Crippen LogP contribution in [0, 0.1) is 6.92 Å². The molecule has 2 aromatic rings. The summed E-state index contributed by atoms with van der Waals surface area (Å²) in [5, 5.41) is 4.01. The Balaban J connectivity index is 0.000000659. The highest BCUT2D eigenvalue weighted by Gasteiger charge is 2.00. The summed E-state index contributed by atoms with van der Waals surface area (Å²) < 4.78 is 0. The Hall–Kier alpha value is -0.860. The molecule has 0 aliphatic heterocycles. The average molecular weight is 284 g/mol. The summed E-state index contributed by atoms with van der Waals surface area (Å²) in [6.45, 7) is 10.0. The highest BCUT2D eigenvalue weighted by Crippen LogP contribution is 2.16. The van der Waals surface area contributed by atoms with E-state index in [0.717, 1.165) is 22.1 Å². The van der Waals surface area contributed by atoms with Crippen LogP contribution in [-0.4, -0.2) is 4.98 Å². The van der Waals surface area contributed by atoms with Crippen LogP contribution in [0.2, 0.25) is 5.02 Å². The van der Waals surface area contributed by atoms with E-state index < -0.39 is 0 Å². The third-order valence-electron chi connectivity index (χ3n) is 1.94. The summed E-state index contributed by atoms with van der Waals surface area (Å²) in [5.74, 6) is 0. The zero-order valence-electron chi connectivity index (χ0n) is 11.8. The lowest BCUT2D eigenvalue weighted by atomic mass is 10.2. The van der Waals surface area contributed by atoms with Crippen molar-refractivity contribution in [3.05, 3.63) is 50.9 Å². The van der Waals surface area contributed by atoms with Crippen LogP contribution in [0.25, 0.3) is 0 Å². The van der Waals surface area contributed by atoms with Crippen molar-refractivity contribution in [2.75, 3.05) is 0 Å². The van der Waals surface area contributed by atoms with Gasteiger partial charge in [-0.05, 0) is 24.6 Å². The molecule has 0 amide bonds. The molecule has 0 aliphatic carbocycles. The van der Waals surface area contributed by atoms with Crippen molar-refractivity contribution in [1.29, 1.82) is 0 Å². The van der Waals surface area contributed by atoms with Gasteiger partial charge in [-0.3, -0.25) is 0 Å². The fraction of sp³-hybridized carbons (Fsp3) is 0.400. The predicted octanol–water partition coefficient (Wildman–Crippen LogP) is 5.75. The van der Waals surface area contributed by atoms with Crippen molar-refractivity contribution in [3.8, 4) is 0 Å². The van der Waals surface area contributed by atoms with Gasteiger partial charge in [0, 0.05) is 22.5 Å². The van der Waals surface area contributed by atoms with Gasteiger partial charge in [0.15, 0.2) is 0 Å². The van der Waals surface area contributed by atoms with Crippen LogP contribution in [0.4, 0.5) is 0 Å². The zero-order chi connectivity index (χ0) is 14.0. The van der Waals surface area contributed by atoms with Crippen molar-refractivity contribution in [3.63, 3.8) is 0 Å². The molecule has 0 radical (unpaired) electrons. The molecule has 0 bridgehead atoms. The van der Waals surface area contributed by atoms with Gasteiger partial charge in [0.25, 0.3) is 0 Å². The summed E-state index contributed by atoms with van der Waals surface area (Å²) in [4.78, 5) is 4.41. The van der Waals surface area contributed by atoms with E-state index in [0.29, 0.717) is 0 Å². The van der Waals surface area contributed by atoms with Gasteiger partial charge in [0.2, 0.25) is 0 Å². The number of aryl methyl sites for hydroxylation is 1. The van der Waals surface area contributed by atoms with E-state index in [9.17, 15) is 0 Å². The molecule has 0 spiro atoms. The predicted molar refractivity (Wildman–Crippen MR) is 83.8 cm³/mol. The fourth-order valence-corrected chi connectivity index (χ4v) is 2.19. The lowest BCUT2D eigenvalue weighted by molar-refractivity contribution is 1.10. The molecule has 3 heteroatoms. The Morgan fingerprint density at radius 2 is 1.61 bits per heavy atom. The van der Waals surface area contributed by atoms with Gasteiger partial charge >= 0.3 is 0 Å². The molecular weight excluding hydrogens is 262 g/mol. The minimum absolute atomic E-state index is 0.782. The van der Waals surface area contributed by atoms with E-state index in [1.165, 1.54) is 5.56 Å². The number of halogens is 1. The van der Waals surface area contributed by atoms with Gasteiger partial charge in [0.05, 0.1) is 5.01 Å². The zero-order valence-corrected chi connectivity index (χ0v) is 13.4.